The fourth-order valence-corrected chi connectivity index (χ4v) is 6.76. The van der Waals surface area contributed by atoms with E-state index in [9.17, 15) is 13.6 Å². The normalized spacial score (nSPS) is 20.7. The summed E-state index contributed by atoms with van der Waals surface area (Å²) >= 11 is 6.51. The van der Waals surface area contributed by atoms with Crippen molar-refractivity contribution < 1.29 is 22.8 Å². The number of halogens is 3. The third-order valence-electron chi connectivity index (χ3n) is 8.58. The second-order valence-electron chi connectivity index (χ2n) is 11.4. The van der Waals surface area contributed by atoms with Crippen LogP contribution in [0.25, 0.3) is 11.3 Å². The van der Waals surface area contributed by atoms with E-state index in [1.54, 1.807) is 36.9 Å². The van der Waals surface area contributed by atoms with Gasteiger partial charge in [0.15, 0.2) is 0 Å². The van der Waals surface area contributed by atoms with Crippen LogP contribution >= 0.6 is 11.6 Å². The number of carbonyl (C=O) groups excluding carboxylic acids is 1. The number of hydrogen-bond acceptors (Lipinski definition) is 7. The summed E-state index contributed by atoms with van der Waals surface area (Å²) in [7, 11) is 1.54. The fraction of sp³-hybridized carbons (Fsp3) is 0.419. The van der Waals surface area contributed by atoms with E-state index < -0.39 is 11.6 Å². The van der Waals surface area contributed by atoms with Crippen LogP contribution in [-0.2, 0) is 13.0 Å². The molecule has 9 nitrogen and oxygen atoms in total. The molecule has 2 aromatic carbocycles. The van der Waals surface area contributed by atoms with Crippen molar-refractivity contribution in [1.29, 1.82) is 0 Å². The number of methoxy groups -OCH3 is 1. The van der Waals surface area contributed by atoms with Crippen molar-refractivity contribution in [3.63, 3.8) is 0 Å². The van der Waals surface area contributed by atoms with Gasteiger partial charge in [-0.25, -0.2) is 13.5 Å². The van der Waals surface area contributed by atoms with Crippen molar-refractivity contribution in [3.05, 3.63) is 81.3 Å². The van der Waals surface area contributed by atoms with E-state index in [1.807, 2.05) is 11.1 Å². The molecule has 6 rings (SSSR count). The number of carbonyl (C=O) groups is 1. The SMILES string of the molecule is COc1cccc(Cl)c1-c1noc(C)c1C(=O)N1C[C@@H](C)N(Cc2cn([C@@H]3CCCc4c(F)cc(F)cc43)nn2)[C@@H](C)C1. The van der Waals surface area contributed by atoms with Gasteiger partial charge in [-0.2, -0.15) is 0 Å². The zero-order valence-corrected chi connectivity index (χ0v) is 25.2. The summed E-state index contributed by atoms with van der Waals surface area (Å²) in [5, 5.41) is 13.4. The van der Waals surface area contributed by atoms with E-state index in [4.69, 9.17) is 20.9 Å². The van der Waals surface area contributed by atoms with Crippen LogP contribution in [0, 0.1) is 18.6 Å². The highest BCUT2D eigenvalue weighted by Crippen LogP contribution is 2.39. The summed E-state index contributed by atoms with van der Waals surface area (Å²) < 4.78 is 41.2. The Labute approximate surface area is 253 Å². The highest BCUT2D eigenvalue weighted by atomic mass is 35.5. The molecule has 1 saturated heterocycles. The van der Waals surface area contributed by atoms with Gasteiger partial charge in [0.2, 0.25) is 0 Å². The van der Waals surface area contributed by atoms with Crippen molar-refractivity contribution in [3.8, 4) is 17.0 Å². The second kappa shape index (κ2) is 11.7. The molecule has 0 bridgehead atoms. The summed E-state index contributed by atoms with van der Waals surface area (Å²) in [6.45, 7) is 7.34. The molecule has 0 radical (unpaired) electrons. The standard InChI is InChI=1S/C31H33ClF2N6O3/c1-17-13-38(31(41)28-19(3)43-36-30(28)29-24(32)8-6-10-27(29)42-4)14-18(2)39(17)15-21-16-40(37-35-21)26-9-5-7-22-23(26)11-20(33)12-25(22)34/h6,8,10-12,16-18,26H,5,7,9,13-15H2,1-4H3/t17-,18+,26-/m1/s1. The minimum absolute atomic E-state index is 0.00918. The van der Waals surface area contributed by atoms with Gasteiger partial charge in [-0.3, -0.25) is 9.69 Å². The van der Waals surface area contributed by atoms with Crippen LogP contribution < -0.4 is 4.74 Å². The molecule has 2 aromatic heterocycles. The van der Waals surface area contributed by atoms with E-state index in [0.29, 0.717) is 70.5 Å². The number of aryl methyl sites for hydroxylation is 1. The second-order valence-corrected chi connectivity index (χ2v) is 11.8. The van der Waals surface area contributed by atoms with E-state index >= 15 is 0 Å². The topological polar surface area (TPSA) is 89.5 Å². The monoisotopic (exact) mass is 610 g/mol. The third-order valence-corrected chi connectivity index (χ3v) is 8.89. The molecule has 4 aromatic rings. The molecule has 12 heteroatoms. The average molecular weight is 611 g/mol. The number of rotatable bonds is 6. The first-order chi connectivity index (χ1) is 20.7. The highest BCUT2D eigenvalue weighted by molar-refractivity contribution is 6.34. The van der Waals surface area contributed by atoms with E-state index in [2.05, 4.69) is 34.2 Å². The Balaban J connectivity index is 1.19. The van der Waals surface area contributed by atoms with Crippen molar-refractivity contribution >= 4 is 17.5 Å². The minimum Gasteiger partial charge on any atom is -0.496 e. The quantitative estimate of drug-likeness (QED) is 0.271. The number of piperazine rings is 1. The van der Waals surface area contributed by atoms with Crippen molar-refractivity contribution in [2.75, 3.05) is 20.2 Å². The zero-order chi connectivity index (χ0) is 30.4. The molecule has 1 aliphatic heterocycles. The Morgan fingerprint density at radius 2 is 1.95 bits per heavy atom. The van der Waals surface area contributed by atoms with Crippen molar-refractivity contribution in [2.24, 2.45) is 0 Å². The maximum Gasteiger partial charge on any atom is 0.259 e. The van der Waals surface area contributed by atoms with Crippen LogP contribution in [0.4, 0.5) is 8.78 Å². The molecule has 1 amide bonds. The summed E-state index contributed by atoms with van der Waals surface area (Å²) in [5.41, 5.74) is 3.17. The van der Waals surface area contributed by atoms with Crippen LogP contribution in [-0.4, -0.2) is 68.1 Å². The molecule has 43 heavy (non-hydrogen) atoms. The average Bonchev–Trinajstić information content (AvgIpc) is 3.60. The molecule has 0 unspecified atom stereocenters. The molecule has 2 aliphatic rings. The first kappa shape index (κ1) is 29.3. The summed E-state index contributed by atoms with van der Waals surface area (Å²) in [5.74, 6) is -0.366. The first-order valence-corrected chi connectivity index (χ1v) is 14.8. The van der Waals surface area contributed by atoms with Gasteiger partial charge in [0, 0.05) is 37.8 Å². The predicted octanol–water partition coefficient (Wildman–Crippen LogP) is 5.84. The van der Waals surface area contributed by atoms with Gasteiger partial charge in [-0.15, -0.1) is 5.10 Å². The Morgan fingerprint density at radius 1 is 1.19 bits per heavy atom. The molecule has 1 fully saturated rings. The van der Waals surface area contributed by atoms with Crippen LogP contribution in [0.15, 0.2) is 41.1 Å². The lowest BCUT2D eigenvalue weighted by Crippen LogP contribution is -2.57. The highest BCUT2D eigenvalue weighted by Gasteiger charge is 2.36. The summed E-state index contributed by atoms with van der Waals surface area (Å²) in [4.78, 5) is 18.0. The lowest BCUT2D eigenvalue weighted by Gasteiger charge is -2.44. The van der Waals surface area contributed by atoms with Gasteiger partial charge in [0.25, 0.3) is 5.91 Å². The minimum atomic E-state index is -0.585. The Hall–Kier alpha value is -3.83. The van der Waals surface area contributed by atoms with E-state index in [1.165, 1.54) is 6.07 Å². The van der Waals surface area contributed by atoms with Crippen LogP contribution in [0.3, 0.4) is 0 Å². The van der Waals surface area contributed by atoms with Gasteiger partial charge in [-0.1, -0.05) is 28.0 Å². The van der Waals surface area contributed by atoms with Crippen molar-refractivity contribution in [2.45, 2.75) is 64.7 Å². The molecule has 226 valence electrons. The number of nitrogens with zero attached hydrogens (tertiary/aromatic N) is 6. The van der Waals surface area contributed by atoms with E-state index in [0.717, 1.165) is 24.6 Å². The van der Waals surface area contributed by atoms with Crippen molar-refractivity contribution in [1.82, 2.24) is 30.0 Å². The number of benzene rings is 2. The molecular weight excluding hydrogens is 578 g/mol. The number of aromatic nitrogens is 4. The number of ether oxygens (including phenoxy) is 1. The van der Waals surface area contributed by atoms with Crippen LogP contribution in [0.1, 0.15) is 65.7 Å². The molecule has 0 N–H and O–H groups in total. The van der Waals surface area contributed by atoms with Gasteiger partial charge in [0.1, 0.15) is 34.4 Å². The van der Waals surface area contributed by atoms with Gasteiger partial charge >= 0.3 is 0 Å². The van der Waals surface area contributed by atoms with Gasteiger partial charge < -0.3 is 14.2 Å². The fourth-order valence-electron chi connectivity index (χ4n) is 6.50. The molecular formula is C31H33ClF2N6O3. The lowest BCUT2D eigenvalue weighted by atomic mass is 9.87. The molecule has 3 atom stereocenters. The Bertz CT molecular complexity index is 1660. The lowest BCUT2D eigenvalue weighted by molar-refractivity contribution is 0.0263. The molecule has 0 spiro atoms. The van der Waals surface area contributed by atoms with Gasteiger partial charge in [-0.05, 0) is 69.4 Å². The maximum absolute atomic E-state index is 14.4. The molecule has 3 heterocycles. The molecule has 1 aliphatic carbocycles. The third kappa shape index (κ3) is 5.40. The zero-order valence-electron chi connectivity index (χ0n) is 24.5. The predicted molar refractivity (Wildman–Crippen MR) is 156 cm³/mol. The van der Waals surface area contributed by atoms with E-state index in [-0.39, 0.29) is 24.0 Å². The number of hydrogen-bond donors (Lipinski definition) is 0. The Morgan fingerprint density at radius 3 is 2.70 bits per heavy atom. The number of fused-ring (bicyclic) bond motifs is 1. The largest absolute Gasteiger partial charge is 0.496 e. The smallest absolute Gasteiger partial charge is 0.259 e. The molecule has 0 saturated carbocycles. The summed E-state index contributed by atoms with van der Waals surface area (Å²) in [6, 6.07) is 7.37. The Kier molecular flexibility index (Phi) is 7.95. The first-order valence-electron chi connectivity index (χ1n) is 14.4. The van der Waals surface area contributed by atoms with Crippen LogP contribution in [0.5, 0.6) is 5.75 Å². The number of amides is 1. The maximum atomic E-state index is 14.4. The van der Waals surface area contributed by atoms with Crippen LogP contribution in [0.2, 0.25) is 5.02 Å². The summed E-state index contributed by atoms with van der Waals surface area (Å²) in [6.07, 6.45) is 3.97. The van der Waals surface area contributed by atoms with Gasteiger partial charge in [0.05, 0.1) is 35.6 Å².